The summed E-state index contributed by atoms with van der Waals surface area (Å²) in [5.41, 5.74) is -1.56. The highest BCUT2D eigenvalue weighted by Gasteiger charge is 2.34. The first-order valence-corrected chi connectivity index (χ1v) is 7.01. The molecular weight excluding hydrogens is 285 g/mol. The molecule has 0 radical (unpaired) electrons. The van der Waals surface area contributed by atoms with Gasteiger partial charge in [0, 0.05) is 31.8 Å². The molecule has 1 aromatic rings. The normalized spacial score (nSPS) is 20.7. The maximum Gasteiger partial charge on any atom is 0.431 e. The quantitative estimate of drug-likeness (QED) is 0.905. The van der Waals surface area contributed by atoms with Gasteiger partial charge in [0.05, 0.1) is 6.10 Å². The topological polar surface area (TPSA) is 43.3 Å². The fraction of sp³-hybridized carbons (Fsp3) is 0.643. The Morgan fingerprint density at radius 2 is 2.24 bits per heavy atom. The highest BCUT2D eigenvalue weighted by atomic mass is 19.4. The molecule has 2 unspecified atom stereocenters. The zero-order valence-corrected chi connectivity index (χ0v) is 11.8. The zero-order chi connectivity index (χ0) is 15.5. The Morgan fingerprint density at radius 1 is 1.48 bits per heavy atom. The van der Waals surface area contributed by atoms with Gasteiger partial charge in [-0.05, 0) is 25.8 Å². The van der Waals surface area contributed by atoms with Crippen LogP contribution in [0.15, 0.2) is 23.0 Å². The largest absolute Gasteiger partial charge is 0.431 e. The summed E-state index contributed by atoms with van der Waals surface area (Å²) in [6.07, 6.45) is -2.47. The van der Waals surface area contributed by atoms with Crippen LogP contribution in [-0.4, -0.2) is 29.9 Å². The van der Waals surface area contributed by atoms with E-state index in [2.05, 4.69) is 5.32 Å². The molecule has 2 heterocycles. The average Bonchev–Trinajstić information content (AvgIpc) is 2.93. The average molecular weight is 304 g/mol. The number of hydrogen-bond acceptors (Lipinski definition) is 3. The first kappa shape index (κ1) is 16.0. The van der Waals surface area contributed by atoms with E-state index in [1.165, 1.54) is 0 Å². The van der Waals surface area contributed by atoms with Gasteiger partial charge in [0.1, 0.15) is 5.69 Å². The number of rotatable bonds is 5. The smallest absolute Gasteiger partial charge is 0.377 e. The lowest BCUT2D eigenvalue weighted by Crippen LogP contribution is -2.40. The number of nitrogens with one attached hydrogen (secondary N) is 1. The second kappa shape index (κ2) is 6.62. The molecular formula is C14H19F3N2O2. The van der Waals surface area contributed by atoms with Crippen LogP contribution in [0.25, 0.3) is 0 Å². The van der Waals surface area contributed by atoms with Crippen molar-refractivity contribution in [3.05, 3.63) is 34.2 Å². The van der Waals surface area contributed by atoms with E-state index in [4.69, 9.17) is 4.74 Å². The third kappa shape index (κ3) is 4.07. The van der Waals surface area contributed by atoms with Gasteiger partial charge in [0.25, 0.3) is 5.56 Å². The van der Waals surface area contributed by atoms with Crippen LogP contribution in [0.4, 0.5) is 13.2 Å². The number of nitrogens with zero attached hydrogens (tertiary/aromatic N) is 1. The fourth-order valence-electron chi connectivity index (χ4n) is 2.53. The summed E-state index contributed by atoms with van der Waals surface area (Å²) >= 11 is 0. The lowest BCUT2D eigenvalue weighted by molar-refractivity contribution is -0.144. The van der Waals surface area contributed by atoms with Gasteiger partial charge >= 0.3 is 6.18 Å². The van der Waals surface area contributed by atoms with Crippen LogP contribution in [0.1, 0.15) is 25.5 Å². The number of pyridine rings is 1. The molecule has 1 saturated heterocycles. The van der Waals surface area contributed by atoms with Gasteiger partial charge in [-0.15, -0.1) is 0 Å². The molecule has 118 valence electrons. The number of alkyl halides is 3. The van der Waals surface area contributed by atoms with Gasteiger partial charge in [0.15, 0.2) is 0 Å². The maximum atomic E-state index is 12.9. The van der Waals surface area contributed by atoms with Crippen molar-refractivity contribution in [3.8, 4) is 0 Å². The van der Waals surface area contributed by atoms with E-state index in [-0.39, 0.29) is 25.2 Å². The zero-order valence-electron chi connectivity index (χ0n) is 11.8. The molecule has 1 N–H and O–H groups in total. The summed E-state index contributed by atoms with van der Waals surface area (Å²) in [4.78, 5) is 11.6. The predicted octanol–water partition coefficient (Wildman–Crippen LogP) is 2.02. The van der Waals surface area contributed by atoms with Crippen molar-refractivity contribution in [3.63, 3.8) is 0 Å². The van der Waals surface area contributed by atoms with Crippen LogP contribution in [-0.2, 0) is 17.5 Å². The van der Waals surface area contributed by atoms with Crippen molar-refractivity contribution >= 4 is 0 Å². The molecule has 7 heteroatoms. The lowest BCUT2D eigenvalue weighted by Gasteiger charge is -2.21. The maximum absolute atomic E-state index is 12.9. The molecule has 0 bridgehead atoms. The third-order valence-corrected chi connectivity index (χ3v) is 3.66. The van der Waals surface area contributed by atoms with Gasteiger partial charge < -0.3 is 14.6 Å². The highest BCUT2D eigenvalue weighted by Crippen LogP contribution is 2.27. The van der Waals surface area contributed by atoms with Crippen molar-refractivity contribution in [2.24, 2.45) is 0 Å². The van der Waals surface area contributed by atoms with E-state index in [0.29, 0.717) is 0 Å². The SMILES string of the molecule is CC(NCCn1c(C(F)(F)F)cccc1=O)C1CCCO1. The lowest BCUT2D eigenvalue weighted by atomic mass is 10.1. The number of hydrogen-bond donors (Lipinski definition) is 1. The molecule has 21 heavy (non-hydrogen) atoms. The van der Waals surface area contributed by atoms with E-state index in [9.17, 15) is 18.0 Å². The van der Waals surface area contributed by atoms with Crippen molar-refractivity contribution in [1.29, 1.82) is 0 Å². The third-order valence-electron chi connectivity index (χ3n) is 3.66. The second-order valence-corrected chi connectivity index (χ2v) is 5.19. The standard InChI is InChI=1S/C14H19F3N2O2/c1-10(11-4-3-9-21-11)18-7-8-19-12(14(15,16)17)5-2-6-13(19)20/h2,5-6,10-11,18H,3-4,7-9H2,1H3. The van der Waals surface area contributed by atoms with Crippen LogP contribution in [0.2, 0.25) is 0 Å². The molecule has 1 aliphatic rings. The molecule has 0 saturated carbocycles. The highest BCUT2D eigenvalue weighted by molar-refractivity contribution is 5.10. The van der Waals surface area contributed by atoms with E-state index in [0.717, 1.165) is 42.2 Å². The molecule has 0 aromatic carbocycles. The Morgan fingerprint density at radius 3 is 2.86 bits per heavy atom. The van der Waals surface area contributed by atoms with Crippen molar-refractivity contribution < 1.29 is 17.9 Å². The van der Waals surface area contributed by atoms with E-state index in [1.54, 1.807) is 0 Å². The second-order valence-electron chi connectivity index (χ2n) is 5.19. The number of aromatic nitrogens is 1. The Bertz CT molecular complexity index is 522. The van der Waals surface area contributed by atoms with Crippen LogP contribution in [0.3, 0.4) is 0 Å². The Labute approximate surface area is 120 Å². The summed E-state index contributed by atoms with van der Waals surface area (Å²) < 4.78 is 44.8. The van der Waals surface area contributed by atoms with E-state index >= 15 is 0 Å². The summed E-state index contributed by atoms with van der Waals surface area (Å²) in [6.45, 7) is 2.93. The summed E-state index contributed by atoms with van der Waals surface area (Å²) in [5.74, 6) is 0. The number of halogens is 3. The first-order valence-electron chi connectivity index (χ1n) is 7.01. The fourth-order valence-corrected chi connectivity index (χ4v) is 2.53. The minimum Gasteiger partial charge on any atom is -0.377 e. The van der Waals surface area contributed by atoms with Crippen LogP contribution < -0.4 is 10.9 Å². The first-order chi connectivity index (χ1) is 9.89. The van der Waals surface area contributed by atoms with Crippen LogP contribution in [0, 0.1) is 0 Å². The molecule has 0 spiro atoms. The van der Waals surface area contributed by atoms with Crippen LogP contribution in [0.5, 0.6) is 0 Å². The minimum atomic E-state index is -4.53. The summed E-state index contributed by atoms with van der Waals surface area (Å²) in [7, 11) is 0. The van der Waals surface area contributed by atoms with Gasteiger partial charge in [-0.1, -0.05) is 6.07 Å². The summed E-state index contributed by atoms with van der Waals surface area (Å²) in [6, 6.07) is 3.24. The monoisotopic (exact) mass is 304 g/mol. The molecule has 0 amide bonds. The molecule has 1 aromatic heterocycles. The van der Waals surface area contributed by atoms with E-state index < -0.39 is 17.4 Å². The molecule has 1 fully saturated rings. The van der Waals surface area contributed by atoms with Gasteiger partial charge in [-0.25, -0.2) is 0 Å². The van der Waals surface area contributed by atoms with Gasteiger partial charge in [-0.2, -0.15) is 13.2 Å². The molecule has 0 aliphatic carbocycles. The summed E-state index contributed by atoms with van der Waals surface area (Å²) in [5, 5.41) is 3.13. The molecule has 4 nitrogen and oxygen atoms in total. The molecule has 2 rings (SSSR count). The van der Waals surface area contributed by atoms with Crippen molar-refractivity contribution in [1.82, 2.24) is 9.88 Å². The predicted molar refractivity (Wildman–Crippen MR) is 72.1 cm³/mol. The van der Waals surface area contributed by atoms with Gasteiger partial charge in [-0.3, -0.25) is 4.79 Å². The minimum absolute atomic E-state index is 0.0222. The van der Waals surface area contributed by atoms with Crippen molar-refractivity contribution in [2.45, 2.75) is 44.6 Å². The molecule has 2 atom stereocenters. The Balaban J connectivity index is 1.98. The molecule has 1 aliphatic heterocycles. The Kier molecular flexibility index (Phi) is 5.05. The van der Waals surface area contributed by atoms with Gasteiger partial charge in [0.2, 0.25) is 0 Å². The van der Waals surface area contributed by atoms with Crippen LogP contribution >= 0.6 is 0 Å². The Hall–Kier alpha value is -1.34. The van der Waals surface area contributed by atoms with Crippen molar-refractivity contribution in [2.75, 3.05) is 13.2 Å². The van der Waals surface area contributed by atoms with E-state index in [1.807, 2.05) is 6.92 Å². The number of ether oxygens (including phenoxy) is 1.